The summed E-state index contributed by atoms with van der Waals surface area (Å²) in [5, 5.41) is 12.0. The van der Waals surface area contributed by atoms with E-state index in [1.54, 1.807) is 18.5 Å². The standard InChI is InChI=1S/C15H21N5O3/c21-12(18-15(13(22)23)3-1-4-15)11-19-7-9-20(10-8-19)14-16-5-2-6-17-14/h2,5-6H,1,3-4,7-11H2,(H,18,21)(H,22,23). The van der Waals surface area contributed by atoms with E-state index in [9.17, 15) is 14.7 Å². The summed E-state index contributed by atoms with van der Waals surface area (Å²) in [4.78, 5) is 36.0. The molecule has 3 rings (SSSR count). The number of rotatable bonds is 5. The molecular formula is C15H21N5O3. The van der Waals surface area contributed by atoms with Gasteiger partial charge in [-0.05, 0) is 25.3 Å². The first-order valence-corrected chi connectivity index (χ1v) is 7.88. The molecule has 0 unspecified atom stereocenters. The van der Waals surface area contributed by atoms with E-state index in [1.165, 1.54) is 0 Å². The monoisotopic (exact) mass is 319 g/mol. The molecule has 0 atom stereocenters. The molecule has 2 N–H and O–H groups in total. The average Bonchev–Trinajstić information content (AvgIpc) is 2.52. The Morgan fingerprint density at radius 1 is 1.17 bits per heavy atom. The number of carboxylic acids is 1. The van der Waals surface area contributed by atoms with Crippen LogP contribution in [-0.4, -0.2) is 70.1 Å². The third-order valence-corrected chi connectivity index (χ3v) is 4.57. The van der Waals surface area contributed by atoms with E-state index < -0.39 is 11.5 Å². The topological polar surface area (TPSA) is 98.7 Å². The zero-order valence-electron chi connectivity index (χ0n) is 12.9. The first kappa shape index (κ1) is 15.7. The highest BCUT2D eigenvalue weighted by Gasteiger charge is 2.45. The molecule has 0 spiro atoms. The minimum atomic E-state index is -1.03. The second kappa shape index (κ2) is 6.49. The Balaban J connectivity index is 1.47. The van der Waals surface area contributed by atoms with E-state index in [-0.39, 0.29) is 12.5 Å². The van der Waals surface area contributed by atoms with Gasteiger partial charge in [0.2, 0.25) is 11.9 Å². The van der Waals surface area contributed by atoms with E-state index in [0.29, 0.717) is 18.8 Å². The average molecular weight is 319 g/mol. The number of amides is 1. The Hall–Kier alpha value is -2.22. The van der Waals surface area contributed by atoms with Gasteiger partial charge in [-0.1, -0.05) is 0 Å². The number of nitrogens with zero attached hydrogens (tertiary/aromatic N) is 4. The van der Waals surface area contributed by atoms with Crippen LogP contribution >= 0.6 is 0 Å². The van der Waals surface area contributed by atoms with E-state index in [0.717, 1.165) is 32.6 Å². The maximum absolute atomic E-state index is 12.1. The third kappa shape index (κ3) is 3.42. The van der Waals surface area contributed by atoms with Gasteiger partial charge < -0.3 is 15.3 Å². The fourth-order valence-corrected chi connectivity index (χ4v) is 2.99. The molecule has 1 aliphatic heterocycles. The molecule has 0 bridgehead atoms. The Kier molecular flexibility index (Phi) is 4.42. The molecule has 0 radical (unpaired) electrons. The van der Waals surface area contributed by atoms with E-state index >= 15 is 0 Å². The quantitative estimate of drug-likeness (QED) is 0.770. The van der Waals surface area contributed by atoms with Crippen molar-refractivity contribution in [2.75, 3.05) is 37.6 Å². The SMILES string of the molecule is O=C(CN1CCN(c2ncccn2)CC1)NC1(C(=O)O)CCC1. The Morgan fingerprint density at radius 3 is 2.35 bits per heavy atom. The lowest BCUT2D eigenvalue weighted by molar-refractivity contribution is -0.152. The summed E-state index contributed by atoms with van der Waals surface area (Å²) in [6, 6.07) is 1.78. The van der Waals surface area contributed by atoms with Crippen molar-refractivity contribution in [1.29, 1.82) is 0 Å². The lowest BCUT2D eigenvalue weighted by atomic mass is 9.77. The Labute approximate surface area is 134 Å². The Morgan fingerprint density at radius 2 is 1.83 bits per heavy atom. The van der Waals surface area contributed by atoms with Gasteiger partial charge in [-0.25, -0.2) is 14.8 Å². The summed E-state index contributed by atoms with van der Waals surface area (Å²) < 4.78 is 0. The van der Waals surface area contributed by atoms with Gasteiger partial charge in [0, 0.05) is 38.6 Å². The van der Waals surface area contributed by atoms with Crippen LogP contribution in [0.1, 0.15) is 19.3 Å². The summed E-state index contributed by atoms with van der Waals surface area (Å²) in [5.41, 5.74) is -1.03. The molecule has 8 heteroatoms. The van der Waals surface area contributed by atoms with Gasteiger partial charge in [-0.3, -0.25) is 9.69 Å². The van der Waals surface area contributed by atoms with Crippen molar-refractivity contribution in [3.63, 3.8) is 0 Å². The van der Waals surface area contributed by atoms with Crippen LogP contribution in [0.4, 0.5) is 5.95 Å². The van der Waals surface area contributed by atoms with Gasteiger partial charge in [-0.2, -0.15) is 0 Å². The van der Waals surface area contributed by atoms with Crippen molar-refractivity contribution >= 4 is 17.8 Å². The number of anilines is 1. The number of nitrogens with one attached hydrogen (secondary N) is 1. The second-order valence-electron chi connectivity index (χ2n) is 6.10. The summed E-state index contributed by atoms with van der Waals surface area (Å²) in [7, 11) is 0. The predicted molar refractivity (Wildman–Crippen MR) is 83.0 cm³/mol. The van der Waals surface area contributed by atoms with Gasteiger partial charge in [-0.15, -0.1) is 0 Å². The highest BCUT2D eigenvalue weighted by atomic mass is 16.4. The number of aliphatic carboxylic acids is 1. The van der Waals surface area contributed by atoms with E-state index in [4.69, 9.17) is 0 Å². The molecule has 2 aliphatic rings. The van der Waals surface area contributed by atoms with Gasteiger partial charge in [0.15, 0.2) is 0 Å². The molecule has 1 amide bonds. The van der Waals surface area contributed by atoms with Gasteiger partial charge in [0.05, 0.1) is 6.54 Å². The first-order valence-electron chi connectivity index (χ1n) is 7.88. The number of aromatic nitrogens is 2. The smallest absolute Gasteiger partial charge is 0.329 e. The molecule has 8 nitrogen and oxygen atoms in total. The van der Waals surface area contributed by atoms with Gasteiger partial charge in [0.1, 0.15) is 5.54 Å². The highest BCUT2D eigenvalue weighted by Crippen LogP contribution is 2.31. The van der Waals surface area contributed by atoms with Crippen LogP contribution in [0.5, 0.6) is 0 Å². The van der Waals surface area contributed by atoms with E-state index in [1.807, 2.05) is 4.90 Å². The maximum atomic E-state index is 12.1. The number of hydrogen-bond donors (Lipinski definition) is 2. The summed E-state index contributed by atoms with van der Waals surface area (Å²) >= 11 is 0. The molecule has 1 saturated heterocycles. The van der Waals surface area contributed by atoms with Crippen LogP contribution in [0, 0.1) is 0 Å². The van der Waals surface area contributed by atoms with Crippen molar-refractivity contribution in [3.8, 4) is 0 Å². The number of carbonyl (C=O) groups excluding carboxylic acids is 1. The van der Waals surface area contributed by atoms with Crippen LogP contribution in [-0.2, 0) is 9.59 Å². The van der Waals surface area contributed by atoms with Crippen molar-refractivity contribution < 1.29 is 14.7 Å². The predicted octanol–water partition coefficient (Wildman–Crippen LogP) is -0.278. The molecule has 2 fully saturated rings. The van der Waals surface area contributed by atoms with Crippen LogP contribution in [0.3, 0.4) is 0 Å². The summed E-state index contributed by atoms with van der Waals surface area (Å²) in [5.74, 6) is -0.435. The highest BCUT2D eigenvalue weighted by molar-refractivity contribution is 5.88. The minimum absolute atomic E-state index is 0.212. The molecule has 1 aromatic heterocycles. The fourth-order valence-electron chi connectivity index (χ4n) is 2.99. The van der Waals surface area contributed by atoms with Crippen molar-refractivity contribution in [2.24, 2.45) is 0 Å². The van der Waals surface area contributed by atoms with Gasteiger partial charge in [0.25, 0.3) is 0 Å². The molecule has 1 aromatic rings. The number of carbonyl (C=O) groups is 2. The van der Waals surface area contributed by atoms with Crippen LogP contribution in [0.15, 0.2) is 18.5 Å². The summed E-state index contributed by atoms with van der Waals surface area (Å²) in [6.07, 6.45) is 5.32. The van der Waals surface area contributed by atoms with Gasteiger partial charge >= 0.3 is 5.97 Å². The molecule has 1 saturated carbocycles. The summed E-state index contributed by atoms with van der Waals surface area (Å²) in [6.45, 7) is 3.19. The minimum Gasteiger partial charge on any atom is -0.480 e. The number of hydrogen-bond acceptors (Lipinski definition) is 6. The largest absolute Gasteiger partial charge is 0.480 e. The third-order valence-electron chi connectivity index (χ3n) is 4.57. The second-order valence-corrected chi connectivity index (χ2v) is 6.10. The fraction of sp³-hybridized carbons (Fsp3) is 0.600. The molecule has 124 valence electrons. The number of piperazine rings is 1. The normalized spacial score (nSPS) is 20.6. The molecule has 1 aliphatic carbocycles. The first-order chi connectivity index (χ1) is 11.1. The molecular weight excluding hydrogens is 298 g/mol. The lowest BCUT2D eigenvalue weighted by Crippen LogP contribution is -2.61. The van der Waals surface area contributed by atoms with Crippen LogP contribution in [0.2, 0.25) is 0 Å². The molecule has 23 heavy (non-hydrogen) atoms. The van der Waals surface area contributed by atoms with Crippen LogP contribution in [0.25, 0.3) is 0 Å². The number of carboxylic acid groups (broad SMARTS) is 1. The van der Waals surface area contributed by atoms with Crippen molar-refractivity contribution in [1.82, 2.24) is 20.2 Å². The van der Waals surface area contributed by atoms with Crippen LogP contribution < -0.4 is 10.2 Å². The zero-order valence-corrected chi connectivity index (χ0v) is 12.9. The maximum Gasteiger partial charge on any atom is 0.329 e. The zero-order chi connectivity index (χ0) is 16.3. The van der Waals surface area contributed by atoms with Crippen molar-refractivity contribution in [2.45, 2.75) is 24.8 Å². The molecule has 2 heterocycles. The van der Waals surface area contributed by atoms with E-state index in [2.05, 4.69) is 20.2 Å². The van der Waals surface area contributed by atoms with Crippen molar-refractivity contribution in [3.05, 3.63) is 18.5 Å². The Bertz CT molecular complexity index is 568. The molecule has 0 aromatic carbocycles. The lowest BCUT2D eigenvalue weighted by Gasteiger charge is -2.39.